The molecule has 2 aromatic heterocycles. The smallest absolute Gasteiger partial charge is 0.263 e. The van der Waals surface area contributed by atoms with Crippen molar-refractivity contribution in [2.24, 2.45) is 0 Å². The Bertz CT molecular complexity index is 664. The first kappa shape index (κ1) is 15.7. The molecule has 2 heterocycles. The second-order valence-electron chi connectivity index (χ2n) is 5.53. The zero-order chi connectivity index (χ0) is 15.6. The summed E-state index contributed by atoms with van der Waals surface area (Å²) in [6.07, 6.45) is 0. The van der Waals surface area contributed by atoms with Crippen LogP contribution in [0.4, 0.5) is 5.69 Å². The molecule has 0 spiro atoms. The van der Waals surface area contributed by atoms with Gasteiger partial charge in [0.25, 0.3) is 5.91 Å². The lowest BCUT2D eigenvalue weighted by Gasteiger charge is -2.24. The van der Waals surface area contributed by atoms with Gasteiger partial charge < -0.3 is 15.8 Å². The monoisotopic (exact) mass is 307 g/mol. The number of nitrogens with zero attached hydrogens (tertiary/aromatic N) is 1. The van der Waals surface area contributed by atoms with Crippen LogP contribution in [0, 0.1) is 6.92 Å². The molecule has 0 atom stereocenters. The van der Waals surface area contributed by atoms with E-state index in [2.05, 4.69) is 10.3 Å². The number of aromatic nitrogens is 1. The first-order valence-electron chi connectivity index (χ1n) is 6.92. The summed E-state index contributed by atoms with van der Waals surface area (Å²) in [6.45, 7) is 8.77. The molecule has 3 N–H and O–H groups in total. The molecule has 0 bridgehead atoms. The number of carbonyl (C=O) groups is 1. The molecule has 0 aliphatic rings. The Hall–Kier alpha value is -1.66. The SMILES string of the molecule is CCOC(C)(C)CNC(=O)c1sc2nc(C)ccc2c1N. The molecule has 0 aliphatic carbocycles. The van der Waals surface area contributed by atoms with E-state index in [1.165, 1.54) is 11.3 Å². The first-order valence-corrected chi connectivity index (χ1v) is 7.73. The number of hydrogen-bond acceptors (Lipinski definition) is 5. The van der Waals surface area contributed by atoms with Gasteiger partial charge in [-0.25, -0.2) is 4.98 Å². The Morgan fingerprint density at radius 3 is 2.86 bits per heavy atom. The molecule has 0 unspecified atom stereocenters. The number of aryl methyl sites for hydroxylation is 1. The lowest BCUT2D eigenvalue weighted by molar-refractivity contribution is -0.00812. The second-order valence-corrected chi connectivity index (χ2v) is 6.52. The summed E-state index contributed by atoms with van der Waals surface area (Å²) in [5.41, 5.74) is 7.07. The number of carbonyl (C=O) groups excluding carboxylic acids is 1. The number of thiophene rings is 1. The van der Waals surface area contributed by atoms with Crippen molar-refractivity contribution in [1.29, 1.82) is 0 Å². The third-order valence-corrected chi connectivity index (χ3v) is 4.26. The number of nitrogens with one attached hydrogen (secondary N) is 1. The van der Waals surface area contributed by atoms with Crippen molar-refractivity contribution in [2.75, 3.05) is 18.9 Å². The summed E-state index contributed by atoms with van der Waals surface area (Å²) >= 11 is 1.32. The summed E-state index contributed by atoms with van der Waals surface area (Å²) in [7, 11) is 0. The number of nitrogen functional groups attached to an aromatic ring is 1. The third kappa shape index (κ3) is 3.51. The van der Waals surface area contributed by atoms with Gasteiger partial charge in [0.05, 0.1) is 11.3 Å². The van der Waals surface area contributed by atoms with Gasteiger partial charge in [-0.3, -0.25) is 4.79 Å². The van der Waals surface area contributed by atoms with Crippen LogP contribution in [-0.4, -0.2) is 29.6 Å². The first-order chi connectivity index (χ1) is 9.84. The molecule has 1 amide bonds. The zero-order valence-electron chi connectivity index (χ0n) is 12.8. The quantitative estimate of drug-likeness (QED) is 0.890. The number of amides is 1. The minimum absolute atomic E-state index is 0.180. The van der Waals surface area contributed by atoms with Crippen LogP contribution >= 0.6 is 11.3 Å². The van der Waals surface area contributed by atoms with Gasteiger partial charge >= 0.3 is 0 Å². The number of anilines is 1. The number of ether oxygens (including phenoxy) is 1. The number of nitrogens with two attached hydrogens (primary N) is 1. The van der Waals surface area contributed by atoms with Gasteiger partial charge in [0.2, 0.25) is 0 Å². The summed E-state index contributed by atoms with van der Waals surface area (Å²) < 4.78 is 5.57. The maximum atomic E-state index is 12.3. The minimum atomic E-state index is -0.398. The van der Waals surface area contributed by atoms with Crippen molar-refractivity contribution in [1.82, 2.24) is 10.3 Å². The highest BCUT2D eigenvalue weighted by molar-refractivity contribution is 7.21. The third-order valence-electron chi connectivity index (χ3n) is 3.15. The molecule has 0 fully saturated rings. The zero-order valence-corrected chi connectivity index (χ0v) is 13.6. The molecule has 0 aliphatic heterocycles. The van der Waals surface area contributed by atoms with Gasteiger partial charge in [0.15, 0.2) is 0 Å². The van der Waals surface area contributed by atoms with E-state index >= 15 is 0 Å². The maximum absolute atomic E-state index is 12.3. The van der Waals surface area contributed by atoms with Crippen molar-refractivity contribution in [3.8, 4) is 0 Å². The van der Waals surface area contributed by atoms with Crippen LogP contribution in [0.2, 0.25) is 0 Å². The van der Waals surface area contributed by atoms with E-state index in [1.807, 2.05) is 39.8 Å². The van der Waals surface area contributed by atoms with Crippen molar-refractivity contribution in [3.63, 3.8) is 0 Å². The Labute approximate surface area is 128 Å². The lowest BCUT2D eigenvalue weighted by atomic mass is 10.1. The summed E-state index contributed by atoms with van der Waals surface area (Å²) in [6, 6.07) is 3.80. The molecule has 114 valence electrons. The van der Waals surface area contributed by atoms with E-state index in [9.17, 15) is 4.79 Å². The summed E-state index contributed by atoms with van der Waals surface area (Å²) in [4.78, 5) is 18.0. The van der Waals surface area contributed by atoms with Crippen molar-refractivity contribution in [2.45, 2.75) is 33.3 Å². The van der Waals surface area contributed by atoms with E-state index < -0.39 is 5.60 Å². The molecule has 5 nitrogen and oxygen atoms in total. The lowest BCUT2D eigenvalue weighted by Crippen LogP contribution is -2.40. The van der Waals surface area contributed by atoms with Crippen LogP contribution in [0.3, 0.4) is 0 Å². The number of rotatable bonds is 5. The molecule has 6 heteroatoms. The fourth-order valence-electron chi connectivity index (χ4n) is 2.07. The Balaban J connectivity index is 2.18. The normalized spacial score (nSPS) is 11.8. The fraction of sp³-hybridized carbons (Fsp3) is 0.467. The second kappa shape index (κ2) is 5.99. The van der Waals surface area contributed by atoms with E-state index in [4.69, 9.17) is 10.5 Å². The molecule has 0 saturated heterocycles. The van der Waals surface area contributed by atoms with Gasteiger partial charge in [-0.05, 0) is 39.8 Å². The van der Waals surface area contributed by atoms with E-state index in [-0.39, 0.29) is 5.91 Å². The molecule has 2 rings (SSSR count). The number of fused-ring (bicyclic) bond motifs is 1. The Morgan fingerprint density at radius 1 is 1.48 bits per heavy atom. The highest BCUT2D eigenvalue weighted by Gasteiger charge is 2.22. The van der Waals surface area contributed by atoms with Crippen molar-refractivity contribution >= 4 is 33.1 Å². The van der Waals surface area contributed by atoms with Crippen LogP contribution in [0.25, 0.3) is 10.2 Å². The summed E-state index contributed by atoms with van der Waals surface area (Å²) in [5, 5.41) is 3.71. The average molecular weight is 307 g/mol. The minimum Gasteiger partial charge on any atom is -0.397 e. The summed E-state index contributed by atoms with van der Waals surface area (Å²) in [5.74, 6) is -0.180. The average Bonchev–Trinajstić information content (AvgIpc) is 2.73. The molecule has 0 radical (unpaired) electrons. The molecular weight excluding hydrogens is 286 g/mol. The highest BCUT2D eigenvalue weighted by atomic mass is 32.1. The number of pyridine rings is 1. The highest BCUT2D eigenvalue weighted by Crippen LogP contribution is 2.32. The van der Waals surface area contributed by atoms with Crippen LogP contribution < -0.4 is 11.1 Å². The van der Waals surface area contributed by atoms with E-state index in [0.717, 1.165) is 15.9 Å². The molecule has 21 heavy (non-hydrogen) atoms. The van der Waals surface area contributed by atoms with Gasteiger partial charge in [-0.2, -0.15) is 0 Å². The van der Waals surface area contributed by atoms with Crippen LogP contribution in [0.5, 0.6) is 0 Å². The molecular formula is C15H21N3O2S. The predicted molar refractivity (Wildman–Crippen MR) is 86.8 cm³/mol. The number of hydrogen-bond donors (Lipinski definition) is 2. The van der Waals surface area contributed by atoms with Gasteiger partial charge in [-0.1, -0.05) is 0 Å². The van der Waals surface area contributed by atoms with Gasteiger partial charge in [0.1, 0.15) is 9.71 Å². The van der Waals surface area contributed by atoms with Crippen LogP contribution in [0.15, 0.2) is 12.1 Å². The Morgan fingerprint density at radius 2 is 2.19 bits per heavy atom. The standard InChI is InChI=1S/C15H21N3O2S/c1-5-20-15(3,4)8-17-13(19)12-11(16)10-7-6-9(2)18-14(10)21-12/h6-7H,5,8,16H2,1-4H3,(H,17,19). The fourth-order valence-corrected chi connectivity index (χ4v) is 3.13. The van der Waals surface area contributed by atoms with E-state index in [0.29, 0.717) is 23.7 Å². The van der Waals surface area contributed by atoms with Crippen molar-refractivity contribution in [3.05, 3.63) is 22.7 Å². The van der Waals surface area contributed by atoms with Gasteiger partial charge in [0, 0.05) is 24.2 Å². The molecule has 0 saturated carbocycles. The molecule has 2 aromatic rings. The predicted octanol–water partition coefficient (Wildman–Crippen LogP) is 2.73. The van der Waals surface area contributed by atoms with Crippen LogP contribution in [-0.2, 0) is 4.74 Å². The topological polar surface area (TPSA) is 77.2 Å². The van der Waals surface area contributed by atoms with Crippen molar-refractivity contribution < 1.29 is 9.53 Å². The van der Waals surface area contributed by atoms with Gasteiger partial charge in [-0.15, -0.1) is 11.3 Å². The maximum Gasteiger partial charge on any atom is 0.263 e. The van der Waals surface area contributed by atoms with E-state index in [1.54, 1.807) is 0 Å². The Kier molecular flexibility index (Phi) is 4.49. The van der Waals surface area contributed by atoms with Crippen LogP contribution in [0.1, 0.15) is 36.1 Å². The molecule has 0 aromatic carbocycles. The largest absolute Gasteiger partial charge is 0.397 e.